The van der Waals surface area contributed by atoms with Gasteiger partial charge in [0.1, 0.15) is 0 Å². The average molecular weight is 425 g/mol. The Bertz CT molecular complexity index is 803. The van der Waals surface area contributed by atoms with E-state index in [0.717, 1.165) is 11.3 Å². The first-order valence-corrected chi connectivity index (χ1v) is 11.3. The number of pyridine rings is 1. The standard InChI is InChI=1S/C18H15FN2O2.In/c1-4-12(2)18(22)17(13-8-9-16(19)20-11-13)21-14-6-5-7-15(10-14)23-3;/h1-2,4-11,17,21H,3H3;. The van der Waals surface area contributed by atoms with Crippen LogP contribution < -0.4 is 10.1 Å². The number of methoxy groups -OCH3 is 1. The summed E-state index contributed by atoms with van der Waals surface area (Å²) in [7, 11) is 1.59. The molecule has 3 rings (SSSR count). The van der Waals surface area contributed by atoms with Gasteiger partial charge in [-0.05, 0) is 0 Å². The van der Waals surface area contributed by atoms with E-state index in [1.807, 2.05) is 30.3 Å². The van der Waals surface area contributed by atoms with Gasteiger partial charge in [0.15, 0.2) is 0 Å². The molecule has 0 aliphatic carbocycles. The van der Waals surface area contributed by atoms with Crippen molar-refractivity contribution >= 4 is 34.4 Å². The summed E-state index contributed by atoms with van der Waals surface area (Å²) in [5, 5.41) is 3.22. The van der Waals surface area contributed by atoms with Crippen molar-refractivity contribution in [2.24, 2.45) is 0 Å². The summed E-state index contributed by atoms with van der Waals surface area (Å²) in [6, 6.07) is 9.57. The van der Waals surface area contributed by atoms with Crippen LogP contribution in [0.15, 0.2) is 61.9 Å². The Morgan fingerprint density at radius 2 is 2.21 bits per heavy atom. The summed E-state index contributed by atoms with van der Waals surface area (Å²) in [4.78, 5) is 16.6. The molecule has 1 atom stereocenters. The van der Waals surface area contributed by atoms with E-state index in [1.165, 1.54) is 12.3 Å². The second kappa shape index (κ2) is 7.66. The van der Waals surface area contributed by atoms with Crippen molar-refractivity contribution in [3.63, 3.8) is 0 Å². The van der Waals surface area contributed by atoms with Crippen LogP contribution in [0.2, 0.25) is 0 Å². The number of allylic oxidation sites excluding steroid dienone is 1. The third kappa shape index (κ3) is 3.87. The number of anilines is 1. The van der Waals surface area contributed by atoms with Crippen LogP contribution >= 0.6 is 0 Å². The van der Waals surface area contributed by atoms with Crippen molar-refractivity contribution in [1.82, 2.24) is 4.98 Å². The van der Waals surface area contributed by atoms with Crippen molar-refractivity contribution < 1.29 is 13.9 Å². The number of ketones is 1. The second-order valence-electron chi connectivity index (χ2n) is 5.26. The maximum absolute atomic E-state index is 13.1. The molecule has 1 aliphatic rings. The van der Waals surface area contributed by atoms with Gasteiger partial charge in [-0.1, -0.05) is 0 Å². The van der Waals surface area contributed by atoms with E-state index in [4.69, 9.17) is 4.74 Å². The van der Waals surface area contributed by atoms with Crippen molar-refractivity contribution in [2.45, 2.75) is 6.04 Å². The van der Waals surface area contributed by atoms with E-state index >= 15 is 0 Å². The monoisotopic (exact) mass is 425 g/mol. The quantitative estimate of drug-likeness (QED) is 0.724. The number of carbonyl (C=O) groups excluding carboxylic acids is 1. The fourth-order valence-corrected chi connectivity index (χ4v) is 5.05. The number of ether oxygens (including phenoxy) is 1. The Kier molecular flexibility index (Phi) is 5.35. The minimum absolute atomic E-state index is 0.0359. The molecule has 0 saturated heterocycles. The minimum atomic E-state index is -0.866. The molecule has 0 saturated carbocycles. The molecular formula is C18H15FInN2O2. The first-order valence-electron chi connectivity index (χ1n) is 7.45. The average Bonchev–Trinajstić information content (AvgIpc) is 3.15. The van der Waals surface area contributed by atoms with E-state index in [-0.39, 0.29) is 5.78 Å². The second-order valence-corrected chi connectivity index (χ2v) is 8.41. The number of halogens is 1. The van der Waals surface area contributed by atoms with E-state index in [9.17, 15) is 9.18 Å². The Morgan fingerprint density at radius 1 is 1.33 bits per heavy atom. The van der Waals surface area contributed by atoms with Gasteiger partial charge in [-0.2, -0.15) is 0 Å². The van der Waals surface area contributed by atoms with Crippen LogP contribution in [-0.2, 0) is 4.79 Å². The number of hydrogen-bond donors (Lipinski definition) is 1. The molecule has 1 radical (unpaired) electrons. The van der Waals surface area contributed by atoms with Gasteiger partial charge >= 0.3 is 151 Å². The van der Waals surface area contributed by atoms with E-state index in [1.54, 1.807) is 13.2 Å². The molecular weight excluding hydrogens is 410 g/mol. The topological polar surface area (TPSA) is 51.2 Å². The number of hydrogen-bond acceptors (Lipinski definition) is 4. The fraction of sp³-hybridized carbons (Fsp3) is 0.111. The van der Waals surface area contributed by atoms with E-state index in [2.05, 4.69) is 18.0 Å². The zero-order valence-electron chi connectivity index (χ0n) is 13.1. The molecule has 0 bridgehead atoms. The Labute approximate surface area is 150 Å². The maximum atomic E-state index is 13.1. The molecule has 1 unspecified atom stereocenters. The summed E-state index contributed by atoms with van der Waals surface area (Å²) in [5.41, 5.74) is 2.10. The van der Waals surface area contributed by atoms with Gasteiger partial charge in [-0.25, -0.2) is 0 Å². The molecule has 1 aliphatic heterocycles. The van der Waals surface area contributed by atoms with Crippen molar-refractivity contribution in [3.8, 4) is 5.75 Å². The van der Waals surface area contributed by atoms with Gasteiger partial charge in [-0.15, -0.1) is 0 Å². The molecule has 24 heavy (non-hydrogen) atoms. The van der Waals surface area contributed by atoms with Gasteiger partial charge in [-0.3, -0.25) is 0 Å². The van der Waals surface area contributed by atoms with Crippen molar-refractivity contribution in [3.05, 3.63) is 73.4 Å². The summed E-state index contributed by atoms with van der Waals surface area (Å²) < 4.78 is 22.5. The van der Waals surface area contributed by atoms with Crippen LogP contribution in [0.5, 0.6) is 5.75 Å². The molecule has 4 nitrogen and oxygen atoms in total. The van der Waals surface area contributed by atoms with Crippen LogP contribution in [-0.4, -0.2) is 40.8 Å². The van der Waals surface area contributed by atoms with Crippen molar-refractivity contribution in [2.75, 3.05) is 12.4 Å². The summed E-state index contributed by atoms with van der Waals surface area (Å²) in [5.74, 6) is 0.0891. The molecule has 0 amide bonds. The third-order valence-electron chi connectivity index (χ3n) is 3.67. The number of nitrogens with zero attached hydrogens (tertiary/aromatic N) is 1. The van der Waals surface area contributed by atoms with Gasteiger partial charge in [0, 0.05) is 0 Å². The zero-order valence-corrected chi connectivity index (χ0v) is 16.4. The molecule has 1 aromatic carbocycles. The van der Waals surface area contributed by atoms with Crippen LogP contribution in [0, 0.1) is 5.95 Å². The third-order valence-corrected chi connectivity index (χ3v) is 6.43. The number of Topliss-reactive ketones (excluding diaryl/α,β-unsaturated/α-hetero) is 1. The first kappa shape index (κ1) is 16.8. The number of aromatic nitrogens is 1. The summed E-state index contributed by atoms with van der Waals surface area (Å²) in [6.45, 7) is 0. The Balaban J connectivity index is 1.93. The SMILES string of the molecule is COc1cccc(NC(C(=O)C2=[CH][In][CH]=C2)c2ccc(F)nc2)c1. The molecule has 2 aromatic rings. The number of nitrogens with one attached hydrogen (secondary N) is 1. The molecule has 0 spiro atoms. The van der Waals surface area contributed by atoms with Gasteiger partial charge in [0.25, 0.3) is 0 Å². The predicted molar refractivity (Wildman–Crippen MR) is 91.5 cm³/mol. The Morgan fingerprint density at radius 3 is 2.88 bits per heavy atom. The number of rotatable bonds is 6. The van der Waals surface area contributed by atoms with Gasteiger partial charge < -0.3 is 0 Å². The first-order chi connectivity index (χ1) is 11.7. The molecule has 1 N–H and O–H groups in total. The summed E-state index contributed by atoms with van der Waals surface area (Å²) in [6.07, 6.45) is 3.28. The van der Waals surface area contributed by atoms with Crippen LogP contribution in [0.25, 0.3) is 0 Å². The molecule has 0 fully saturated rings. The predicted octanol–water partition coefficient (Wildman–Crippen LogP) is 3.07. The fourth-order valence-electron chi connectivity index (χ4n) is 2.44. The number of carbonyl (C=O) groups is 1. The van der Waals surface area contributed by atoms with Crippen LogP contribution in [0.1, 0.15) is 11.6 Å². The van der Waals surface area contributed by atoms with Crippen LogP contribution in [0.3, 0.4) is 0 Å². The number of benzene rings is 1. The van der Waals surface area contributed by atoms with E-state index in [0.29, 0.717) is 11.3 Å². The zero-order chi connectivity index (χ0) is 16.9. The van der Waals surface area contributed by atoms with Crippen LogP contribution in [0.4, 0.5) is 10.1 Å². The molecule has 6 heteroatoms. The van der Waals surface area contributed by atoms with E-state index < -0.39 is 34.9 Å². The van der Waals surface area contributed by atoms with Gasteiger partial charge in [0.05, 0.1) is 0 Å². The van der Waals surface area contributed by atoms with Gasteiger partial charge in [0.2, 0.25) is 0 Å². The molecule has 2 heterocycles. The Hall–Kier alpha value is -2.08. The summed E-state index contributed by atoms with van der Waals surface area (Å²) >= 11 is -0.866. The normalized spacial score (nSPS) is 13.8. The molecule has 1 aromatic heterocycles. The van der Waals surface area contributed by atoms with Crippen molar-refractivity contribution in [1.29, 1.82) is 0 Å². The molecule has 119 valence electrons.